The van der Waals surface area contributed by atoms with E-state index >= 15 is 0 Å². The van der Waals surface area contributed by atoms with E-state index in [-0.39, 0.29) is 15.6 Å². The number of hydrogen-bond acceptors (Lipinski definition) is 4. The quantitative estimate of drug-likeness (QED) is 0.449. The fourth-order valence-corrected chi connectivity index (χ4v) is 4.94. The van der Waals surface area contributed by atoms with Crippen LogP contribution in [0.25, 0.3) is 0 Å². The number of sulfonamides is 1. The molecule has 0 saturated heterocycles. The molecule has 0 unspecified atom stereocenters. The molecule has 0 heterocycles. The van der Waals surface area contributed by atoms with E-state index in [2.05, 4.69) is 5.32 Å². The second kappa shape index (κ2) is 10.9. The predicted molar refractivity (Wildman–Crippen MR) is 132 cm³/mol. The van der Waals surface area contributed by atoms with Crippen molar-refractivity contribution in [2.24, 2.45) is 0 Å². The number of nitrogens with zero attached hydrogens (tertiary/aromatic N) is 1. The van der Waals surface area contributed by atoms with E-state index in [4.69, 9.17) is 27.9 Å². The Balaban J connectivity index is 1.82. The highest BCUT2D eigenvalue weighted by molar-refractivity contribution is 7.92. The van der Waals surface area contributed by atoms with Crippen LogP contribution in [0.4, 0.5) is 5.69 Å². The molecule has 33 heavy (non-hydrogen) atoms. The molecule has 3 rings (SSSR count). The lowest BCUT2D eigenvalue weighted by atomic mass is 10.1. The second-order valence-electron chi connectivity index (χ2n) is 7.37. The summed E-state index contributed by atoms with van der Waals surface area (Å²) in [7, 11) is -2.56. The number of carbonyl (C=O) groups is 1. The standard InChI is InChI=1S/C24H24Cl2N2O4S/c1-17-3-10-21(11-4-17)33(30,31)28(20-9-12-23(32-2)22(26)15-20)16-24(29)27-14-13-18-5-7-19(25)8-6-18/h3-12,15H,13-14,16H2,1-2H3,(H,27,29). The van der Waals surface area contributed by atoms with Gasteiger partial charge in [-0.25, -0.2) is 8.42 Å². The highest BCUT2D eigenvalue weighted by atomic mass is 35.5. The number of rotatable bonds is 9. The monoisotopic (exact) mass is 506 g/mol. The maximum atomic E-state index is 13.4. The first-order chi connectivity index (χ1) is 15.7. The van der Waals surface area contributed by atoms with Crippen molar-refractivity contribution in [2.75, 3.05) is 24.5 Å². The molecule has 6 nitrogen and oxygen atoms in total. The Morgan fingerprint density at radius 3 is 2.27 bits per heavy atom. The van der Waals surface area contributed by atoms with Crippen LogP contribution in [0.2, 0.25) is 10.0 Å². The molecular weight excluding hydrogens is 483 g/mol. The van der Waals surface area contributed by atoms with Crippen LogP contribution in [-0.2, 0) is 21.2 Å². The SMILES string of the molecule is COc1ccc(N(CC(=O)NCCc2ccc(Cl)cc2)S(=O)(=O)c2ccc(C)cc2)cc1Cl. The molecule has 0 aromatic heterocycles. The number of nitrogens with one attached hydrogen (secondary N) is 1. The molecule has 0 fully saturated rings. The van der Waals surface area contributed by atoms with Crippen LogP contribution < -0.4 is 14.4 Å². The average Bonchev–Trinajstić information content (AvgIpc) is 2.79. The van der Waals surface area contributed by atoms with Gasteiger partial charge in [0, 0.05) is 11.6 Å². The zero-order valence-electron chi connectivity index (χ0n) is 18.2. The Labute approximate surface area is 204 Å². The van der Waals surface area contributed by atoms with E-state index in [0.717, 1.165) is 15.4 Å². The predicted octanol–water partition coefficient (Wildman–Crippen LogP) is 4.86. The Morgan fingerprint density at radius 2 is 1.67 bits per heavy atom. The van der Waals surface area contributed by atoms with Gasteiger partial charge in [-0.1, -0.05) is 53.0 Å². The minimum atomic E-state index is -4.03. The highest BCUT2D eigenvalue weighted by Crippen LogP contribution is 2.32. The first-order valence-electron chi connectivity index (χ1n) is 10.1. The topological polar surface area (TPSA) is 75.7 Å². The molecule has 0 atom stereocenters. The highest BCUT2D eigenvalue weighted by Gasteiger charge is 2.27. The van der Waals surface area contributed by atoms with E-state index in [9.17, 15) is 13.2 Å². The number of methoxy groups -OCH3 is 1. The summed E-state index contributed by atoms with van der Waals surface area (Å²) in [6, 6.07) is 18.3. The summed E-state index contributed by atoms with van der Waals surface area (Å²) in [4.78, 5) is 12.8. The number of ether oxygens (including phenoxy) is 1. The van der Waals surface area contributed by atoms with E-state index < -0.39 is 22.5 Å². The molecule has 3 aromatic rings. The minimum absolute atomic E-state index is 0.0778. The molecule has 1 amide bonds. The molecule has 3 aromatic carbocycles. The Bertz CT molecular complexity index is 1210. The van der Waals surface area contributed by atoms with Crippen LogP contribution in [0.15, 0.2) is 71.6 Å². The lowest BCUT2D eigenvalue weighted by Gasteiger charge is -2.24. The van der Waals surface area contributed by atoms with Gasteiger partial charge in [0.2, 0.25) is 5.91 Å². The Morgan fingerprint density at radius 1 is 1.00 bits per heavy atom. The lowest BCUT2D eigenvalue weighted by molar-refractivity contribution is -0.119. The molecule has 1 N–H and O–H groups in total. The van der Waals surface area contributed by atoms with Crippen molar-refractivity contribution in [2.45, 2.75) is 18.2 Å². The fraction of sp³-hybridized carbons (Fsp3) is 0.208. The second-order valence-corrected chi connectivity index (χ2v) is 10.1. The Hall–Kier alpha value is -2.74. The number of benzene rings is 3. The normalized spacial score (nSPS) is 11.2. The fourth-order valence-electron chi connectivity index (χ4n) is 3.15. The van der Waals surface area contributed by atoms with E-state index in [1.807, 2.05) is 19.1 Å². The van der Waals surface area contributed by atoms with E-state index in [1.165, 1.54) is 25.3 Å². The third-order valence-electron chi connectivity index (χ3n) is 4.97. The van der Waals surface area contributed by atoms with Gasteiger partial charge in [0.25, 0.3) is 10.0 Å². The summed E-state index contributed by atoms with van der Waals surface area (Å²) < 4.78 is 33.1. The molecule has 0 aliphatic heterocycles. The van der Waals surface area contributed by atoms with Crippen molar-refractivity contribution in [1.29, 1.82) is 0 Å². The largest absolute Gasteiger partial charge is 0.495 e. The van der Waals surface area contributed by atoms with Gasteiger partial charge in [0.15, 0.2) is 0 Å². The van der Waals surface area contributed by atoms with Gasteiger partial charge in [-0.3, -0.25) is 9.10 Å². The van der Waals surface area contributed by atoms with Crippen LogP contribution in [0.5, 0.6) is 5.75 Å². The molecule has 0 aliphatic carbocycles. The van der Waals surface area contributed by atoms with Crippen LogP contribution >= 0.6 is 23.2 Å². The summed E-state index contributed by atoms with van der Waals surface area (Å²) >= 11 is 12.1. The summed E-state index contributed by atoms with van der Waals surface area (Å²) in [5.74, 6) is -0.0351. The van der Waals surface area contributed by atoms with Gasteiger partial charge in [0.1, 0.15) is 12.3 Å². The minimum Gasteiger partial charge on any atom is -0.495 e. The van der Waals surface area contributed by atoms with Crippen molar-refractivity contribution in [3.63, 3.8) is 0 Å². The van der Waals surface area contributed by atoms with Gasteiger partial charge >= 0.3 is 0 Å². The van der Waals surface area contributed by atoms with E-state index in [0.29, 0.717) is 23.7 Å². The average molecular weight is 507 g/mol. The number of amides is 1. The molecule has 0 saturated carbocycles. The van der Waals surface area contributed by atoms with Gasteiger partial charge in [-0.2, -0.15) is 0 Å². The van der Waals surface area contributed by atoms with Crippen LogP contribution in [0.3, 0.4) is 0 Å². The van der Waals surface area contributed by atoms with Crippen LogP contribution in [0.1, 0.15) is 11.1 Å². The number of carbonyl (C=O) groups excluding carboxylic acids is 1. The number of aryl methyl sites for hydroxylation is 1. The molecule has 0 bridgehead atoms. The molecule has 174 valence electrons. The van der Waals surface area contributed by atoms with Crippen molar-refractivity contribution in [3.8, 4) is 5.75 Å². The zero-order chi connectivity index (χ0) is 24.0. The van der Waals surface area contributed by atoms with Crippen LogP contribution in [0, 0.1) is 6.92 Å². The van der Waals surface area contributed by atoms with E-state index in [1.54, 1.807) is 36.4 Å². The number of halogens is 2. The molecule has 0 radical (unpaired) electrons. The number of hydrogen-bond donors (Lipinski definition) is 1. The number of anilines is 1. The lowest BCUT2D eigenvalue weighted by Crippen LogP contribution is -2.41. The summed E-state index contributed by atoms with van der Waals surface area (Å²) in [6.45, 7) is 1.81. The third-order valence-corrected chi connectivity index (χ3v) is 7.30. The zero-order valence-corrected chi connectivity index (χ0v) is 20.5. The van der Waals surface area contributed by atoms with Gasteiger partial charge in [-0.15, -0.1) is 0 Å². The smallest absolute Gasteiger partial charge is 0.264 e. The first-order valence-corrected chi connectivity index (χ1v) is 12.3. The molecule has 0 aliphatic rings. The third kappa shape index (κ3) is 6.41. The van der Waals surface area contributed by atoms with Crippen molar-refractivity contribution in [3.05, 3.63) is 87.9 Å². The molecular formula is C24H24Cl2N2O4S. The molecule has 9 heteroatoms. The maximum Gasteiger partial charge on any atom is 0.264 e. The first kappa shape index (κ1) is 24.9. The summed E-state index contributed by atoms with van der Waals surface area (Å²) in [5, 5.41) is 3.66. The van der Waals surface area contributed by atoms with Crippen molar-refractivity contribution < 1.29 is 17.9 Å². The van der Waals surface area contributed by atoms with Crippen molar-refractivity contribution in [1.82, 2.24) is 5.32 Å². The maximum absolute atomic E-state index is 13.4. The van der Waals surface area contributed by atoms with Gasteiger partial charge in [-0.05, 0) is 61.4 Å². The van der Waals surface area contributed by atoms with Gasteiger partial charge < -0.3 is 10.1 Å². The Kier molecular flexibility index (Phi) is 8.24. The summed E-state index contributed by atoms with van der Waals surface area (Å²) in [6.07, 6.45) is 0.585. The van der Waals surface area contributed by atoms with Crippen LogP contribution in [-0.4, -0.2) is 34.5 Å². The summed E-state index contributed by atoms with van der Waals surface area (Å²) in [5.41, 5.74) is 2.19. The van der Waals surface area contributed by atoms with Gasteiger partial charge in [0.05, 0.1) is 22.7 Å². The van der Waals surface area contributed by atoms with Crippen molar-refractivity contribution >= 4 is 44.8 Å². The molecule has 0 spiro atoms.